The van der Waals surface area contributed by atoms with E-state index in [2.05, 4.69) is 22.3 Å². The van der Waals surface area contributed by atoms with E-state index < -0.39 is 0 Å². The third-order valence-electron chi connectivity index (χ3n) is 5.16. The average Bonchev–Trinajstić information content (AvgIpc) is 2.68. The van der Waals surface area contributed by atoms with Gasteiger partial charge >= 0.3 is 6.03 Å². The van der Waals surface area contributed by atoms with E-state index in [0.29, 0.717) is 6.54 Å². The number of rotatable bonds is 5. The van der Waals surface area contributed by atoms with E-state index >= 15 is 0 Å². The van der Waals surface area contributed by atoms with E-state index in [1.165, 1.54) is 0 Å². The highest BCUT2D eigenvalue weighted by molar-refractivity contribution is 5.90. The Morgan fingerprint density at radius 3 is 2.59 bits per heavy atom. The van der Waals surface area contributed by atoms with Crippen LogP contribution in [0.5, 0.6) is 0 Å². The van der Waals surface area contributed by atoms with Gasteiger partial charge in [-0.05, 0) is 50.2 Å². The van der Waals surface area contributed by atoms with Gasteiger partial charge in [-0.1, -0.05) is 42.5 Å². The fraction of sp³-hybridized carbons (Fsp3) is 0.409. The maximum Gasteiger partial charge on any atom is 0.321 e. The summed E-state index contributed by atoms with van der Waals surface area (Å²) >= 11 is 0. The number of likely N-dealkylation sites (tertiary alicyclic amines) is 1. The number of nitrogens with zero attached hydrogens (tertiary/aromatic N) is 2. The van der Waals surface area contributed by atoms with Crippen LogP contribution in [-0.2, 0) is 0 Å². The Hall–Kier alpha value is -2.37. The Morgan fingerprint density at radius 1 is 1.15 bits per heavy atom. The topological polar surface area (TPSA) is 55.8 Å². The van der Waals surface area contributed by atoms with Crippen LogP contribution in [0.3, 0.4) is 0 Å². The molecule has 0 unspecified atom stereocenters. The summed E-state index contributed by atoms with van der Waals surface area (Å²) in [5.74, 6) is 0. The number of urea groups is 1. The summed E-state index contributed by atoms with van der Waals surface area (Å²) in [6.07, 6.45) is 1.85. The lowest BCUT2D eigenvalue weighted by atomic mass is 9.80. The zero-order chi connectivity index (χ0) is 19.3. The molecule has 1 fully saturated rings. The molecule has 2 N–H and O–H groups in total. The number of benzene rings is 2. The van der Waals surface area contributed by atoms with Crippen molar-refractivity contribution < 1.29 is 9.90 Å². The highest BCUT2D eigenvalue weighted by Gasteiger charge is 2.37. The highest BCUT2D eigenvalue weighted by Crippen LogP contribution is 2.31. The minimum absolute atomic E-state index is 0.0957. The standard InChI is InChI=1S/C22H29N3O2/c1-24(2)15-22(17-26)12-7-13-25(16-22)21(27)23-20-11-6-10-19(14-20)18-8-4-3-5-9-18/h3-6,8-11,14,26H,7,12-13,15-17H2,1-2H3,(H,23,27)/t22-/m0/s1. The van der Waals surface area contributed by atoms with Crippen molar-refractivity contribution in [2.75, 3.05) is 45.7 Å². The third kappa shape index (κ3) is 4.87. The average molecular weight is 367 g/mol. The normalized spacial score (nSPS) is 19.9. The molecule has 1 atom stereocenters. The lowest BCUT2D eigenvalue weighted by Crippen LogP contribution is -2.52. The van der Waals surface area contributed by atoms with Crippen LogP contribution in [-0.4, -0.2) is 61.3 Å². The molecule has 0 radical (unpaired) electrons. The molecule has 1 aliphatic heterocycles. The number of aliphatic hydroxyl groups is 1. The molecule has 0 aliphatic carbocycles. The van der Waals surface area contributed by atoms with Crippen LogP contribution >= 0.6 is 0 Å². The Labute approximate surface area is 161 Å². The molecular weight excluding hydrogens is 338 g/mol. The molecule has 0 spiro atoms. The number of hydrogen-bond acceptors (Lipinski definition) is 3. The first-order valence-electron chi connectivity index (χ1n) is 9.48. The van der Waals surface area contributed by atoms with Crippen molar-refractivity contribution in [2.45, 2.75) is 12.8 Å². The number of hydrogen-bond donors (Lipinski definition) is 2. The Morgan fingerprint density at radius 2 is 1.89 bits per heavy atom. The van der Waals surface area contributed by atoms with Crippen molar-refractivity contribution in [1.82, 2.24) is 9.80 Å². The lowest BCUT2D eigenvalue weighted by Gasteiger charge is -2.43. The van der Waals surface area contributed by atoms with E-state index in [-0.39, 0.29) is 18.1 Å². The molecule has 0 saturated carbocycles. The van der Waals surface area contributed by atoms with Gasteiger partial charge in [-0.2, -0.15) is 0 Å². The van der Waals surface area contributed by atoms with Gasteiger partial charge in [-0.25, -0.2) is 4.79 Å². The number of nitrogens with one attached hydrogen (secondary N) is 1. The molecule has 2 aromatic rings. The van der Waals surface area contributed by atoms with Gasteiger partial charge in [0.15, 0.2) is 0 Å². The SMILES string of the molecule is CN(C)C[C@@]1(CO)CCCN(C(=O)Nc2cccc(-c3ccccc3)c2)C1. The van der Waals surface area contributed by atoms with Crippen LogP contribution in [0.15, 0.2) is 54.6 Å². The van der Waals surface area contributed by atoms with Crippen molar-refractivity contribution >= 4 is 11.7 Å². The largest absolute Gasteiger partial charge is 0.396 e. The molecule has 0 aromatic heterocycles. The number of carbonyl (C=O) groups is 1. The Bertz CT molecular complexity index is 763. The summed E-state index contributed by atoms with van der Waals surface area (Å²) in [6.45, 7) is 2.17. The number of anilines is 1. The van der Waals surface area contributed by atoms with Gasteiger partial charge in [0.25, 0.3) is 0 Å². The first kappa shape index (κ1) is 19.4. The number of aliphatic hydroxyl groups excluding tert-OH is 1. The second kappa shape index (κ2) is 8.55. The highest BCUT2D eigenvalue weighted by atomic mass is 16.3. The predicted octanol–water partition coefficient (Wildman–Crippen LogP) is 3.52. The predicted molar refractivity (Wildman–Crippen MR) is 110 cm³/mol. The number of carbonyl (C=O) groups excluding carboxylic acids is 1. The molecule has 5 heteroatoms. The van der Waals surface area contributed by atoms with Crippen molar-refractivity contribution in [3.05, 3.63) is 54.6 Å². The molecule has 1 heterocycles. The Balaban J connectivity index is 1.70. The van der Waals surface area contributed by atoms with Crippen molar-refractivity contribution in [1.29, 1.82) is 0 Å². The first-order chi connectivity index (χ1) is 13.0. The summed E-state index contributed by atoms with van der Waals surface area (Å²) < 4.78 is 0. The minimum atomic E-state index is -0.245. The molecular formula is C22H29N3O2. The molecule has 27 heavy (non-hydrogen) atoms. The monoisotopic (exact) mass is 367 g/mol. The molecule has 3 rings (SSSR count). The van der Waals surface area contributed by atoms with Gasteiger partial charge in [0.2, 0.25) is 0 Å². The lowest BCUT2D eigenvalue weighted by molar-refractivity contribution is 0.0294. The van der Waals surface area contributed by atoms with Crippen molar-refractivity contribution in [3.63, 3.8) is 0 Å². The van der Waals surface area contributed by atoms with Gasteiger partial charge in [-0.3, -0.25) is 0 Å². The summed E-state index contributed by atoms with van der Waals surface area (Å²) in [5, 5.41) is 13.0. The smallest absolute Gasteiger partial charge is 0.321 e. The quantitative estimate of drug-likeness (QED) is 0.850. The van der Waals surface area contributed by atoms with Crippen LogP contribution in [0.1, 0.15) is 12.8 Å². The zero-order valence-corrected chi connectivity index (χ0v) is 16.2. The van der Waals surface area contributed by atoms with E-state index in [4.69, 9.17) is 0 Å². The summed E-state index contributed by atoms with van der Waals surface area (Å²) in [5.41, 5.74) is 2.74. The fourth-order valence-corrected chi connectivity index (χ4v) is 3.97. The molecule has 5 nitrogen and oxygen atoms in total. The second-order valence-electron chi connectivity index (χ2n) is 7.80. The molecule has 1 aliphatic rings. The minimum Gasteiger partial charge on any atom is -0.396 e. The molecule has 144 valence electrons. The van der Waals surface area contributed by atoms with Gasteiger partial charge in [0, 0.05) is 30.7 Å². The summed E-state index contributed by atoms with van der Waals surface area (Å²) in [4.78, 5) is 16.7. The van der Waals surface area contributed by atoms with Crippen molar-refractivity contribution in [2.24, 2.45) is 5.41 Å². The van der Waals surface area contributed by atoms with E-state index in [9.17, 15) is 9.90 Å². The van der Waals surface area contributed by atoms with E-state index in [1.54, 1.807) is 0 Å². The van der Waals surface area contributed by atoms with Gasteiger partial charge in [0.05, 0.1) is 6.61 Å². The van der Waals surface area contributed by atoms with Gasteiger partial charge in [-0.15, -0.1) is 0 Å². The van der Waals surface area contributed by atoms with Crippen LogP contribution in [0, 0.1) is 5.41 Å². The van der Waals surface area contributed by atoms with Gasteiger partial charge in [0.1, 0.15) is 0 Å². The maximum absolute atomic E-state index is 12.8. The van der Waals surface area contributed by atoms with Crippen LogP contribution < -0.4 is 5.32 Å². The van der Waals surface area contributed by atoms with Crippen LogP contribution in [0.2, 0.25) is 0 Å². The maximum atomic E-state index is 12.8. The number of piperidine rings is 1. The number of amides is 2. The van der Waals surface area contributed by atoms with Crippen LogP contribution in [0.4, 0.5) is 10.5 Å². The first-order valence-corrected chi connectivity index (χ1v) is 9.48. The second-order valence-corrected chi connectivity index (χ2v) is 7.80. The molecule has 0 bridgehead atoms. The molecule has 1 saturated heterocycles. The summed E-state index contributed by atoms with van der Waals surface area (Å²) in [7, 11) is 4.01. The van der Waals surface area contributed by atoms with E-state index in [0.717, 1.165) is 42.7 Å². The fourth-order valence-electron chi connectivity index (χ4n) is 3.97. The zero-order valence-electron chi connectivity index (χ0n) is 16.2. The van der Waals surface area contributed by atoms with Gasteiger partial charge < -0.3 is 20.2 Å². The van der Waals surface area contributed by atoms with E-state index in [1.807, 2.05) is 61.5 Å². The molecule has 2 aromatic carbocycles. The Kier molecular flexibility index (Phi) is 6.14. The molecule has 2 amide bonds. The van der Waals surface area contributed by atoms with Crippen LogP contribution in [0.25, 0.3) is 11.1 Å². The summed E-state index contributed by atoms with van der Waals surface area (Å²) in [6, 6.07) is 17.9. The third-order valence-corrected chi connectivity index (χ3v) is 5.16. The van der Waals surface area contributed by atoms with Crippen molar-refractivity contribution in [3.8, 4) is 11.1 Å².